The Bertz CT molecular complexity index is 393. The Kier molecular flexibility index (Phi) is 16.3. The maximum atomic E-state index is 11.9. The molecule has 0 rings (SSSR count). The second kappa shape index (κ2) is 16.9. The van der Waals surface area contributed by atoms with Gasteiger partial charge in [-0.25, -0.2) is 4.79 Å². The van der Waals surface area contributed by atoms with Crippen molar-refractivity contribution in [2.45, 2.75) is 125 Å². The van der Waals surface area contributed by atoms with Crippen LogP contribution in [0, 0.1) is 11.3 Å². The summed E-state index contributed by atoms with van der Waals surface area (Å²) in [6, 6.07) is 0. The van der Waals surface area contributed by atoms with Crippen LogP contribution < -0.4 is 0 Å². The molecule has 166 valence electrons. The summed E-state index contributed by atoms with van der Waals surface area (Å²) < 4.78 is 10.8. The van der Waals surface area contributed by atoms with Gasteiger partial charge < -0.3 is 9.47 Å². The van der Waals surface area contributed by atoms with E-state index in [1.54, 1.807) is 0 Å². The van der Waals surface area contributed by atoms with E-state index in [9.17, 15) is 4.79 Å². The highest BCUT2D eigenvalue weighted by Crippen LogP contribution is 2.28. The zero-order chi connectivity index (χ0) is 21.3. The average Bonchev–Trinajstić information content (AvgIpc) is 2.61. The van der Waals surface area contributed by atoms with Crippen LogP contribution in [0.4, 0.5) is 4.79 Å². The molecule has 0 N–H and O–H groups in total. The minimum atomic E-state index is -0.518. The molecule has 1 atom stereocenters. The molecule has 0 aromatic rings. The van der Waals surface area contributed by atoms with Gasteiger partial charge in [-0.3, -0.25) is 0 Å². The maximum absolute atomic E-state index is 11.9. The van der Waals surface area contributed by atoms with Gasteiger partial charge in [0.25, 0.3) is 0 Å². The number of carbonyl (C=O) groups is 1. The number of hydrogen-bond acceptors (Lipinski definition) is 3. The quantitative estimate of drug-likeness (QED) is 0.149. The van der Waals surface area contributed by atoms with Gasteiger partial charge in [-0.1, -0.05) is 98.6 Å². The first-order valence-corrected chi connectivity index (χ1v) is 11.8. The third-order valence-corrected chi connectivity index (χ3v) is 5.06. The van der Waals surface area contributed by atoms with Crippen molar-refractivity contribution in [3.05, 3.63) is 12.2 Å². The minimum absolute atomic E-state index is 0.0720. The first kappa shape index (κ1) is 27.0. The van der Waals surface area contributed by atoms with Crippen LogP contribution in [-0.2, 0) is 9.47 Å². The molecule has 0 heterocycles. The van der Waals surface area contributed by atoms with Crippen LogP contribution in [0.2, 0.25) is 0 Å². The molecule has 3 heteroatoms. The lowest BCUT2D eigenvalue weighted by Crippen LogP contribution is -2.36. The standard InChI is InChI=1S/C25H48O3/c1-7-8-9-10-11-12-13-14-15-16-17-18-19-20-21-27-24(26)28-23(22(2)3)25(4,5)6/h12-13,22-23H,7-11,14-21H2,1-6H3/b13-12-. The van der Waals surface area contributed by atoms with Gasteiger partial charge in [-0.15, -0.1) is 0 Å². The molecule has 0 aliphatic carbocycles. The highest BCUT2D eigenvalue weighted by atomic mass is 16.7. The van der Waals surface area contributed by atoms with Gasteiger partial charge in [0.1, 0.15) is 6.10 Å². The normalized spacial score (nSPS) is 13.2. The van der Waals surface area contributed by atoms with Crippen LogP contribution >= 0.6 is 0 Å². The smallest absolute Gasteiger partial charge is 0.434 e. The molecule has 0 fully saturated rings. The van der Waals surface area contributed by atoms with Crippen molar-refractivity contribution in [2.24, 2.45) is 11.3 Å². The predicted octanol–water partition coefficient (Wildman–Crippen LogP) is 8.47. The van der Waals surface area contributed by atoms with E-state index in [0.717, 1.165) is 12.8 Å². The molecule has 0 aliphatic rings. The zero-order valence-electron chi connectivity index (χ0n) is 19.7. The van der Waals surface area contributed by atoms with Gasteiger partial charge in [-0.05, 0) is 43.4 Å². The van der Waals surface area contributed by atoms with Crippen LogP contribution in [0.1, 0.15) is 119 Å². The molecule has 0 radical (unpaired) electrons. The lowest BCUT2D eigenvalue weighted by molar-refractivity contribution is -0.0381. The number of ether oxygens (including phenoxy) is 2. The molecule has 0 amide bonds. The van der Waals surface area contributed by atoms with Crippen molar-refractivity contribution < 1.29 is 14.3 Å². The Morgan fingerprint density at radius 1 is 0.821 bits per heavy atom. The fourth-order valence-electron chi connectivity index (χ4n) is 3.60. The highest BCUT2D eigenvalue weighted by molar-refractivity contribution is 5.60. The molecule has 0 saturated carbocycles. The summed E-state index contributed by atoms with van der Waals surface area (Å²) in [6.07, 6.45) is 19.1. The molecule has 0 bridgehead atoms. The van der Waals surface area contributed by atoms with Crippen molar-refractivity contribution in [2.75, 3.05) is 6.61 Å². The molecular weight excluding hydrogens is 348 g/mol. The van der Waals surface area contributed by atoms with Gasteiger partial charge >= 0.3 is 6.16 Å². The molecule has 0 spiro atoms. The van der Waals surface area contributed by atoms with Crippen molar-refractivity contribution >= 4 is 6.16 Å². The monoisotopic (exact) mass is 396 g/mol. The fourth-order valence-corrected chi connectivity index (χ4v) is 3.60. The third-order valence-electron chi connectivity index (χ3n) is 5.06. The Hall–Kier alpha value is -0.990. The summed E-state index contributed by atoms with van der Waals surface area (Å²) in [7, 11) is 0. The van der Waals surface area contributed by atoms with E-state index < -0.39 is 6.16 Å². The molecule has 1 unspecified atom stereocenters. The lowest BCUT2D eigenvalue weighted by Gasteiger charge is -2.32. The predicted molar refractivity (Wildman–Crippen MR) is 121 cm³/mol. The van der Waals surface area contributed by atoms with E-state index in [-0.39, 0.29) is 17.4 Å². The van der Waals surface area contributed by atoms with Crippen LogP contribution in [0.15, 0.2) is 12.2 Å². The molecule has 0 saturated heterocycles. The van der Waals surface area contributed by atoms with E-state index in [4.69, 9.17) is 9.47 Å². The van der Waals surface area contributed by atoms with Crippen molar-refractivity contribution in [1.29, 1.82) is 0 Å². The summed E-state index contributed by atoms with van der Waals surface area (Å²) in [5, 5.41) is 0. The first-order valence-electron chi connectivity index (χ1n) is 11.8. The maximum Gasteiger partial charge on any atom is 0.508 e. The summed E-state index contributed by atoms with van der Waals surface area (Å²) >= 11 is 0. The van der Waals surface area contributed by atoms with Crippen molar-refractivity contribution in [1.82, 2.24) is 0 Å². The Labute approximate surface area is 175 Å². The highest BCUT2D eigenvalue weighted by Gasteiger charge is 2.31. The third kappa shape index (κ3) is 16.0. The molecule has 28 heavy (non-hydrogen) atoms. The number of allylic oxidation sites excluding steroid dienone is 2. The van der Waals surface area contributed by atoms with E-state index in [1.165, 1.54) is 64.2 Å². The second-order valence-corrected chi connectivity index (χ2v) is 9.48. The van der Waals surface area contributed by atoms with Crippen molar-refractivity contribution in [3.8, 4) is 0 Å². The topological polar surface area (TPSA) is 35.5 Å². The molecule has 0 aromatic heterocycles. The summed E-state index contributed by atoms with van der Waals surface area (Å²) in [5.74, 6) is 0.281. The Morgan fingerprint density at radius 3 is 1.82 bits per heavy atom. The minimum Gasteiger partial charge on any atom is -0.434 e. The number of hydrogen-bond donors (Lipinski definition) is 0. The van der Waals surface area contributed by atoms with Gasteiger partial charge in [-0.2, -0.15) is 0 Å². The van der Waals surface area contributed by atoms with Gasteiger partial charge in [0.2, 0.25) is 0 Å². The van der Waals surface area contributed by atoms with E-state index in [2.05, 4.69) is 53.7 Å². The van der Waals surface area contributed by atoms with E-state index in [0.29, 0.717) is 6.61 Å². The number of rotatable bonds is 16. The number of carbonyl (C=O) groups excluding carboxylic acids is 1. The summed E-state index contributed by atoms with van der Waals surface area (Å²) in [4.78, 5) is 11.9. The first-order chi connectivity index (χ1) is 13.3. The lowest BCUT2D eigenvalue weighted by atomic mass is 9.83. The van der Waals surface area contributed by atoms with E-state index >= 15 is 0 Å². The molecule has 0 aliphatic heterocycles. The van der Waals surface area contributed by atoms with Crippen LogP contribution in [0.25, 0.3) is 0 Å². The Morgan fingerprint density at radius 2 is 1.32 bits per heavy atom. The van der Waals surface area contributed by atoms with Gasteiger partial charge in [0.05, 0.1) is 6.61 Å². The van der Waals surface area contributed by atoms with Crippen LogP contribution in [0.3, 0.4) is 0 Å². The second-order valence-electron chi connectivity index (χ2n) is 9.48. The molecule has 3 nitrogen and oxygen atoms in total. The largest absolute Gasteiger partial charge is 0.508 e. The number of unbranched alkanes of at least 4 members (excludes halogenated alkanes) is 10. The molecular formula is C25H48O3. The van der Waals surface area contributed by atoms with Crippen LogP contribution in [-0.4, -0.2) is 18.9 Å². The zero-order valence-corrected chi connectivity index (χ0v) is 19.7. The SMILES string of the molecule is CCCCCC/C=C\CCCCCCCCOC(=O)OC(C(C)C)C(C)(C)C. The molecule has 0 aromatic carbocycles. The van der Waals surface area contributed by atoms with Crippen molar-refractivity contribution in [3.63, 3.8) is 0 Å². The summed E-state index contributed by atoms with van der Waals surface area (Å²) in [5.41, 5.74) is -0.0720. The Balaban J connectivity index is 3.52. The fraction of sp³-hybridized carbons (Fsp3) is 0.880. The van der Waals surface area contributed by atoms with Gasteiger partial charge in [0.15, 0.2) is 0 Å². The average molecular weight is 397 g/mol. The van der Waals surface area contributed by atoms with Gasteiger partial charge in [0, 0.05) is 0 Å². The van der Waals surface area contributed by atoms with E-state index in [1.807, 2.05) is 0 Å². The van der Waals surface area contributed by atoms with Crippen LogP contribution in [0.5, 0.6) is 0 Å². The summed E-state index contributed by atoms with van der Waals surface area (Å²) in [6.45, 7) is 13.2.